The summed E-state index contributed by atoms with van der Waals surface area (Å²) < 4.78 is 11.3. The summed E-state index contributed by atoms with van der Waals surface area (Å²) in [4.78, 5) is 12.6. The van der Waals surface area contributed by atoms with Gasteiger partial charge in [-0.1, -0.05) is 13.3 Å². The predicted octanol–water partition coefficient (Wildman–Crippen LogP) is 2.41. The molecular weight excluding hydrogens is 244 g/mol. The van der Waals surface area contributed by atoms with Gasteiger partial charge in [0.15, 0.2) is 0 Å². The van der Waals surface area contributed by atoms with E-state index in [4.69, 9.17) is 9.47 Å². The topological polar surface area (TPSA) is 69.2 Å². The first-order valence-corrected chi connectivity index (χ1v) is 7.05. The second-order valence-corrected chi connectivity index (χ2v) is 4.70. The minimum atomic E-state index is 0.222. The van der Waals surface area contributed by atoms with E-state index in [0.29, 0.717) is 24.6 Å². The lowest BCUT2D eigenvalue weighted by Crippen LogP contribution is -2.21. The summed E-state index contributed by atoms with van der Waals surface area (Å²) in [6, 6.07) is 0.685. The van der Waals surface area contributed by atoms with Crippen molar-refractivity contribution in [3.63, 3.8) is 0 Å². The van der Waals surface area contributed by atoms with Gasteiger partial charge in [-0.15, -0.1) is 4.98 Å². The van der Waals surface area contributed by atoms with Gasteiger partial charge in [-0.3, -0.25) is 0 Å². The molecule has 19 heavy (non-hydrogen) atoms. The maximum atomic E-state index is 5.84. The lowest BCUT2D eigenvalue weighted by atomic mass is 9.98. The van der Waals surface area contributed by atoms with E-state index in [0.717, 1.165) is 19.3 Å². The van der Waals surface area contributed by atoms with Gasteiger partial charge in [0, 0.05) is 7.05 Å². The highest BCUT2D eigenvalue weighted by Crippen LogP contribution is 2.22. The first-order chi connectivity index (χ1) is 9.31. The minimum absolute atomic E-state index is 0.222. The average molecular weight is 266 g/mol. The van der Waals surface area contributed by atoms with Crippen LogP contribution in [0.3, 0.4) is 0 Å². The Morgan fingerprint density at radius 3 is 2.53 bits per heavy atom. The molecule has 0 bridgehead atoms. The summed E-state index contributed by atoms with van der Waals surface area (Å²) in [6.07, 6.45) is 7.02. The van der Waals surface area contributed by atoms with Gasteiger partial charge < -0.3 is 14.8 Å². The molecule has 1 saturated carbocycles. The Hall–Kier alpha value is -1.59. The van der Waals surface area contributed by atoms with Gasteiger partial charge in [-0.2, -0.15) is 9.97 Å². The third-order valence-electron chi connectivity index (χ3n) is 3.08. The van der Waals surface area contributed by atoms with Crippen molar-refractivity contribution in [3.05, 3.63) is 0 Å². The zero-order valence-corrected chi connectivity index (χ0v) is 11.7. The smallest absolute Gasteiger partial charge is 0.324 e. The summed E-state index contributed by atoms with van der Waals surface area (Å²) in [7, 11) is 1.77. The fourth-order valence-electron chi connectivity index (χ4n) is 2.09. The van der Waals surface area contributed by atoms with Crippen molar-refractivity contribution in [1.29, 1.82) is 0 Å². The van der Waals surface area contributed by atoms with Gasteiger partial charge in [0.05, 0.1) is 6.61 Å². The van der Waals surface area contributed by atoms with E-state index in [9.17, 15) is 0 Å². The molecule has 2 rings (SSSR count). The molecule has 1 aliphatic carbocycles. The predicted molar refractivity (Wildman–Crippen MR) is 72.7 cm³/mol. The van der Waals surface area contributed by atoms with Crippen LogP contribution < -0.4 is 14.8 Å². The molecule has 0 unspecified atom stereocenters. The molecule has 1 heterocycles. The number of nitrogens with one attached hydrogen (secondary N) is 1. The van der Waals surface area contributed by atoms with E-state index in [1.165, 1.54) is 19.3 Å². The monoisotopic (exact) mass is 266 g/mol. The number of ether oxygens (including phenoxy) is 2. The van der Waals surface area contributed by atoms with E-state index in [-0.39, 0.29) is 6.10 Å². The van der Waals surface area contributed by atoms with Crippen molar-refractivity contribution in [2.75, 3.05) is 19.0 Å². The molecule has 0 radical (unpaired) electrons. The number of nitrogens with zero attached hydrogens (tertiary/aromatic N) is 3. The van der Waals surface area contributed by atoms with Gasteiger partial charge in [0.2, 0.25) is 5.95 Å². The summed E-state index contributed by atoms with van der Waals surface area (Å²) in [5, 5.41) is 2.90. The highest BCUT2D eigenvalue weighted by molar-refractivity contribution is 5.26. The van der Waals surface area contributed by atoms with Crippen molar-refractivity contribution in [3.8, 4) is 12.0 Å². The van der Waals surface area contributed by atoms with Crippen LogP contribution in [0, 0.1) is 0 Å². The van der Waals surface area contributed by atoms with E-state index < -0.39 is 0 Å². The van der Waals surface area contributed by atoms with Crippen LogP contribution in [-0.4, -0.2) is 34.7 Å². The summed E-state index contributed by atoms with van der Waals surface area (Å²) in [5.41, 5.74) is 0. The highest BCUT2D eigenvalue weighted by atomic mass is 16.5. The van der Waals surface area contributed by atoms with Crippen LogP contribution in [0.25, 0.3) is 0 Å². The minimum Gasteiger partial charge on any atom is -0.463 e. The molecule has 0 amide bonds. The molecule has 106 valence electrons. The van der Waals surface area contributed by atoms with E-state index in [2.05, 4.69) is 20.3 Å². The largest absolute Gasteiger partial charge is 0.463 e. The molecular formula is C13H22N4O2. The van der Waals surface area contributed by atoms with Gasteiger partial charge in [0.1, 0.15) is 6.10 Å². The summed E-state index contributed by atoms with van der Waals surface area (Å²) in [6.45, 7) is 2.63. The Labute approximate surface area is 114 Å². The van der Waals surface area contributed by atoms with Gasteiger partial charge >= 0.3 is 12.0 Å². The maximum absolute atomic E-state index is 5.84. The molecule has 1 N–H and O–H groups in total. The van der Waals surface area contributed by atoms with Crippen LogP contribution in [-0.2, 0) is 0 Å². The second kappa shape index (κ2) is 7.11. The molecule has 0 atom stereocenters. The molecule has 1 aliphatic rings. The quantitative estimate of drug-likeness (QED) is 0.852. The van der Waals surface area contributed by atoms with Crippen molar-refractivity contribution >= 4 is 5.95 Å². The number of hydrogen-bond acceptors (Lipinski definition) is 6. The Morgan fingerprint density at radius 2 is 1.84 bits per heavy atom. The van der Waals surface area contributed by atoms with Gasteiger partial charge in [-0.25, -0.2) is 0 Å². The molecule has 0 saturated heterocycles. The molecule has 6 heteroatoms. The molecule has 6 nitrogen and oxygen atoms in total. The maximum Gasteiger partial charge on any atom is 0.324 e. The molecule has 0 aliphatic heterocycles. The van der Waals surface area contributed by atoms with Crippen LogP contribution in [0.5, 0.6) is 12.0 Å². The van der Waals surface area contributed by atoms with Crippen LogP contribution >= 0.6 is 0 Å². The Kier molecular flexibility index (Phi) is 5.18. The van der Waals surface area contributed by atoms with Gasteiger partial charge in [-0.05, 0) is 32.1 Å². The number of hydrogen-bond donors (Lipinski definition) is 1. The fourth-order valence-corrected chi connectivity index (χ4v) is 2.09. The molecule has 1 aromatic heterocycles. The summed E-state index contributed by atoms with van der Waals surface area (Å²) >= 11 is 0. The first kappa shape index (κ1) is 13.8. The number of anilines is 1. The summed E-state index contributed by atoms with van der Waals surface area (Å²) in [5.74, 6) is 0.479. The fraction of sp³-hybridized carbons (Fsp3) is 0.769. The lowest BCUT2D eigenvalue weighted by Gasteiger charge is -2.21. The van der Waals surface area contributed by atoms with E-state index >= 15 is 0 Å². The average Bonchev–Trinajstić information content (AvgIpc) is 2.46. The zero-order chi connectivity index (χ0) is 13.5. The van der Waals surface area contributed by atoms with Crippen molar-refractivity contribution in [2.45, 2.75) is 51.6 Å². The van der Waals surface area contributed by atoms with Crippen molar-refractivity contribution in [2.24, 2.45) is 0 Å². The highest BCUT2D eigenvalue weighted by Gasteiger charge is 2.17. The Bertz CT molecular complexity index is 394. The van der Waals surface area contributed by atoms with Crippen LogP contribution in [0.15, 0.2) is 0 Å². The van der Waals surface area contributed by atoms with Crippen molar-refractivity contribution < 1.29 is 9.47 Å². The van der Waals surface area contributed by atoms with Crippen molar-refractivity contribution in [1.82, 2.24) is 15.0 Å². The Morgan fingerprint density at radius 1 is 1.11 bits per heavy atom. The normalized spacial score (nSPS) is 16.1. The molecule has 1 fully saturated rings. The third kappa shape index (κ3) is 4.22. The zero-order valence-electron chi connectivity index (χ0n) is 11.7. The van der Waals surface area contributed by atoms with Crippen LogP contribution in [0.2, 0.25) is 0 Å². The third-order valence-corrected chi connectivity index (χ3v) is 3.08. The van der Waals surface area contributed by atoms with E-state index in [1.807, 2.05) is 6.92 Å². The molecule has 0 aromatic carbocycles. The molecule has 1 aromatic rings. The standard InChI is InChI=1S/C13H22N4O2/c1-3-9-18-12-15-11(14-2)16-13(17-12)19-10-7-5-4-6-8-10/h10H,3-9H2,1-2H3,(H,14,15,16,17). The number of rotatable bonds is 6. The Balaban J connectivity index is 2.04. The van der Waals surface area contributed by atoms with Crippen LogP contribution in [0.4, 0.5) is 5.95 Å². The first-order valence-electron chi connectivity index (χ1n) is 7.05. The lowest BCUT2D eigenvalue weighted by molar-refractivity contribution is 0.139. The number of aromatic nitrogens is 3. The van der Waals surface area contributed by atoms with E-state index in [1.54, 1.807) is 7.05 Å². The SMILES string of the molecule is CCCOc1nc(NC)nc(OC2CCCCC2)n1. The van der Waals surface area contributed by atoms with Gasteiger partial charge in [0.25, 0.3) is 0 Å². The van der Waals surface area contributed by atoms with Crippen LogP contribution in [0.1, 0.15) is 45.4 Å². The molecule has 0 spiro atoms. The second-order valence-electron chi connectivity index (χ2n) is 4.70.